The van der Waals surface area contributed by atoms with Gasteiger partial charge >= 0.3 is 0 Å². The molecule has 0 radical (unpaired) electrons. The van der Waals surface area contributed by atoms with Crippen molar-refractivity contribution in [3.63, 3.8) is 0 Å². The lowest BCUT2D eigenvalue weighted by atomic mass is 10.3. The summed E-state index contributed by atoms with van der Waals surface area (Å²) in [5.41, 5.74) is 0.981. The molecule has 0 saturated heterocycles. The van der Waals surface area contributed by atoms with Crippen LogP contribution in [0.2, 0.25) is 5.02 Å². The second-order valence-corrected chi connectivity index (χ2v) is 6.90. The molecule has 0 aliphatic carbocycles. The fraction of sp³-hybridized carbons (Fsp3) is 0.263. The third-order valence-corrected chi connectivity index (χ3v) is 4.91. The number of rotatable bonds is 7. The molecule has 0 aliphatic rings. The van der Waals surface area contributed by atoms with Gasteiger partial charge in [-0.15, -0.1) is 0 Å². The number of nitrogens with zero attached hydrogens (tertiary/aromatic N) is 2. The molecule has 2 aromatic carbocycles. The lowest BCUT2D eigenvalue weighted by molar-refractivity contribution is -0.120. The second kappa shape index (κ2) is 8.98. The average molecular weight is 391 g/mol. The largest absolute Gasteiger partial charge is 0.484 e. The van der Waals surface area contributed by atoms with E-state index in [0.29, 0.717) is 35.3 Å². The molecule has 0 spiro atoms. The molecule has 0 atom stereocenters. The number of fused-ring (bicyclic) bond motifs is 1. The summed E-state index contributed by atoms with van der Waals surface area (Å²) in [5, 5.41) is 0.654. The Labute approximate surface area is 160 Å². The van der Waals surface area contributed by atoms with E-state index in [1.165, 1.54) is 11.3 Å². The van der Waals surface area contributed by atoms with E-state index in [1.54, 1.807) is 12.1 Å². The molecule has 0 aliphatic heterocycles. The van der Waals surface area contributed by atoms with Crippen LogP contribution in [0.4, 0.5) is 0 Å². The maximum absolute atomic E-state index is 12.3. The molecule has 26 heavy (non-hydrogen) atoms. The van der Waals surface area contributed by atoms with Crippen LogP contribution in [0, 0.1) is 0 Å². The highest BCUT2D eigenvalue weighted by Gasteiger charge is 2.09. The van der Waals surface area contributed by atoms with E-state index < -0.39 is 0 Å². The average Bonchev–Trinajstić information content (AvgIpc) is 2.97. The lowest BCUT2D eigenvalue weighted by Gasteiger charge is -2.06. The van der Waals surface area contributed by atoms with Gasteiger partial charge in [-0.3, -0.25) is 4.79 Å². The van der Waals surface area contributed by atoms with Gasteiger partial charge in [-0.05, 0) is 37.3 Å². The zero-order valence-electron chi connectivity index (χ0n) is 14.4. The van der Waals surface area contributed by atoms with E-state index in [0.717, 1.165) is 10.2 Å². The Hall–Kier alpha value is -2.15. The van der Waals surface area contributed by atoms with Gasteiger partial charge in [-0.2, -0.15) is 4.99 Å². The van der Waals surface area contributed by atoms with Crippen LogP contribution >= 0.6 is 22.9 Å². The molecule has 7 heteroatoms. The molecule has 1 aromatic heterocycles. The van der Waals surface area contributed by atoms with Gasteiger partial charge in [-0.1, -0.05) is 41.1 Å². The van der Waals surface area contributed by atoms with E-state index in [4.69, 9.17) is 21.1 Å². The molecule has 3 rings (SSSR count). The Morgan fingerprint density at radius 3 is 2.81 bits per heavy atom. The number of halogens is 1. The van der Waals surface area contributed by atoms with Crippen molar-refractivity contribution in [1.82, 2.24) is 4.57 Å². The first-order valence-corrected chi connectivity index (χ1v) is 9.49. The molecule has 0 bridgehead atoms. The van der Waals surface area contributed by atoms with Crippen molar-refractivity contribution in [3.8, 4) is 5.75 Å². The maximum atomic E-state index is 12.3. The number of hydrogen-bond acceptors (Lipinski definition) is 4. The number of amides is 1. The fourth-order valence-electron chi connectivity index (χ4n) is 2.45. The first kappa shape index (κ1) is 18.6. The standard InChI is InChI=1S/C19H19ClN2O3S/c1-2-24-11-10-22-16-9-8-14(20)12-17(16)26-19(22)21-18(23)13-25-15-6-4-3-5-7-15/h3-9,12H,2,10-11,13H2,1H3. The van der Waals surface area contributed by atoms with Gasteiger partial charge in [0.05, 0.1) is 16.8 Å². The van der Waals surface area contributed by atoms with Crippen molar-refractivity contribution in [2.45, 2.75) is 13.5 Å². The molecule has 136 valence electrons. The van der Waals surface area contributed by atoms with Crippen LogP contribution in [-0.2, 0) is 16.1 Å². The number of para-hydroxylation sites is 1. The molecule has 3 aromatic rings. The third-order valence-electron chi connectivity index (χ3n) is 3.63. The third kappa shape index (κ3) is 4.72. The monoisotopic (exact) mass is 390 g/mol. The normalized spacial score (nSPS) is 11.8. The summed E-state index contributed by atoms with van der Waals surface area (Å²) in [6.07, 6.45) is 0. The van der Waals surface area contributed by atoms with Gasteiger partial charge in [0, 0.05) is 18.2 Å². The minimum Gasteiger partial charge on any atom is -0.484 e. The first-order valence-electron chi connectivity index (χ1n) is 8.29. The number of benzene rings is 2. The molecule has 0 N–H and O–H groups in total. The van der Waals surface area contributed by atoms with E-state index in [-0.39, 0.29) is 12.5 Å². The minimum atomic E-state index is -0.336. The number of aromatic nitrogens is 1. The summed E-state index contributed by atoms with van der Waals surface area (Å²) < 4.78 is 13.9. The van der Waals surface area contributed by atoms with Crippen molar-refractivity contribution in [2.75, 3.05) is 19.8 Å². The molecular formula is C19H19ClN2O3S. The van der Waals surface area contributed by atoms with Gasteiger partial charge in [0.1, 0.15) is 5.75 Å². The number of hydrogen-bond donors (Lipinski definition) is 0. The SMILES string of the molecule is CCOCCn1c(=NC(=O)COc2ccccc2)sc2cc(Cl)ccc21. The summed E-state index contributed by atoms with van der Waals surface area (Å²) in [7, 11) is 0. The van der Waals surface area contributed by atoms with Gasteiger partial charge in [0.2, 0.25) is 0 Å². The minimum absolute atomic E-state index is 0.107. The van der Waals surface area contributed by atoms with Crippen molar-refractivity contribution in [2.24, 2.45) is 4.99 Å². The number of carbonyl (C=O) groups excluding carboxylic acids is 1. The van der Waals surface area contributed by atoms with Crippen LogP contribution in [0.1, 0.15) is 6.92 Å². The highest BCUT2D eigenvalue weighted by molar-refractivity contribution is 7.16. The summed E-state index contributed by atoms with van der Waals surface area (Å²) in [5.74, 6) is 0.306. The Bertz CT molecular complexity index is 950. The van der Waals surface area contributed by atoms with Crippen molar-refractivity contribution >= 4 is 39.1 Å². The van der Waals surface area contributed by atoms with Gasteiger partial charge in [0.15, 0.2) is 11.4 Å². The van der Waals surface area contributed by atoms with E-state index >= 15 is 0 Å². The summed E-state index contributed by atoms with van der Waals surface area (Å²) in [6.45, 7) is 3.65. The van der Waals surface area contributed by atoms with Crippen molar-refractivity contribution < 1.29 is 14.3 Å². The summed E-state index contributed by atoms with van der Waals surface area (Å²) in [6, 6.07) is 14.9. The van der Waals surface area contributed by atoms with Crippen LogP contribution in [0.15, 0.2) is 53.5 Å². The molecule has 0 fully saturated rings. The van der Waals surface area contributed by atoms with Crippen LogP contribution < -0.4 is 9.54 Å². The van der Waals surface area contributed by atoms with Crippen LogP contribution in [0.3, 0.4) is 0 Å². The predicted octanol–water partition coefficient (Wildman–Crippen LogP) is 3.90. The predicted molar refractivity (Wildman–Crippen MR) is 104 cm³/mol. The number of carbonyl (C=O) groups is 1. The fourth-order valence-corrected chi connectivity index (χ4v) is 3.80. The first-order chi connectivity index (χ1) is 12.7. The van der Waals surface area contributed by atoms with Gasteiger partial charge < -0.3 is 14.0 Å². The molecule has 0 unspecified atom stereocenters. The highest BCUT2D eigenvalue weighted by Crippen LogP contribution is 2.21. The summed E-state index contributed by atoms with van der Waals surface area (Å²) >= 11 is 7.51. The quantitative estimate of drug-likeness (QED) is 0.575. The van der Waals surface area contributed by atoms with E-state index in [1.807, 2.05) is 47.9 Å². The Morgan fingerprint density at radius 1 is 1.23 bits per heavy atom. The Kier molecular flexibility index (Phi) is 6.44. The maximum Gasteiger partial charge on any atom is 0.286 e. The van der Waals surface area contributed by atoms with Crippen molar-refractivity contribution in [1.29, 1.82) is 0 Å². The Balaban J connectivity index is 1.85. The number of ether oxygens (including phenoxy) is 2. The van der Waals surface area contributed by atoms with E-state index in [2.05, 4.69) is 4.99 Å². The molecule has 0 saturated carbocycles. The van der Waals surface area contributed by atoms with Gasteiger partial charge in [0.25, 0.3) is 5.91 Å². The molecule has 1 heterocycles. The van der Waals surface area contributed by atoms with Crippen LogP contribution in [-0.4, -0.2) is 30.3 Å². The summed E-state index contributed by atoms with van der Waals surface area (Å²) in [4.78, 5) is 17.1. The lowest BCUT2D eigenvalue weighted by Crippen LogP contribution is -2.21. The highest BCUT2D eigenvalue weighted by atomic mass is 35.5. The van der Waals surface area contributed by atoms with Crippen LogP contribution in [0.25, 0.3) is 10.2 Å². The van der Waals surface area contributed by atoms with Crippen LogP contribution in [0.5, 0.6) is 5.75 Å². The zero-order chi connectivity index (χ0) is 18.4. The zero-order valence-corrected chi connectivity index (χ0v) is 15.9. The Morgan fingerprint density at radius 2 is 2.04 bits per heavy atom. The second-order valence-electron chi connectivity index (χ2n) is 5.45. The van der Waals surface area contributed by atoms with Crippen molar-refractivity contribution in [3.05, 3.63) is 58.4 Å². The topological polar surface area (TPSA) is 52.8 Å². The smallest absolute Gasteiger partial charge is 0.286 e. The van der Waals surface area contributed by atoms with E-state index in [9.17, 15) is 4.79 Å². The molecule has 1 amide bonds. The van der Waals surface area contributed by atoms with Gasteiger partial charge in [-0.25, -0.2) is 0 Å². The number of thiazole rings is 1. The molecule has 5 nitrogen and oxygen atoms in total. The molecular weight excluding hydrogens is 372 g/mol.